The Morgan fingerprint density at radius 2 is 1.80 bits per heavy atom. The van der Waals surface area contributed by atoms with Gasteiger partial charge in [0.2, 0.25) is 5.92 Å². The van der Waals surface area contributed by atoms with Crippen molar-refractivity contribution in [1.82, 2.24) is 9.62 Å². The number of nitrogens with one attached hydrogen (secondary N) is 1. The lowest BCUT2D eigenvalue weighted by Gasteiger charge is -2.30. The molecule has 0 aromatic heterocycles. The number of carbonyl (C=O) groups excluding carboxylic acids is 1. The van der Waals surface area contributed by atoms with E-state index in [9.17, 15) is 26.7 Å². The molecule has 0 aliphatic carbocycles. The number of alkyl halides is 5. The van der Waals surface area contributed by atoms with Crippen LogP contribution in [-0.4, -0.2) is 48.4 Å². The molecular formula is C19H23ClF5N3OS. The monoisotopic (exact) mass is 471 g/mol. The summed E-state index contributed by atoms with van der Waals surface area (Å²) >= 11 is 10.1. The minimum Gasteiger partial charge on any atom is -0.371 e. The topological polar surface area (TPSA) is 35.6 Å². The molecule has 1 aromatic rings. The number of hydrogen-bond acceptors (Lipinski definition) is 4. The number of carbonyl (C=O) groups is 1. The Balaban J connectivity index is 1.92. The van der Waals surface area contributed by atoms with E-state index in [0.29, 0.717) is 25.9 Å². The van der Waals surface area contributed by atoms with E-state index < -0.39 is 35.0 Å². The predicted molar refractivity (Wildman–Crippen MR) is 109 cm³/mol. The lowest BCUT2D eigenvalue weighted by molar-refractivity contribution is -0.137. The fourth-order valence-electron chi connectivity index (χ4n) is 3.80. The van der Waals surface area contributed by atoms with Crippen LogP contribution in [0.4, 0.5) is 27.6 Å². The number of nitrogens with zero attached hydrogens (tertiary/aromatic N) is 2. The molecule has 0 unspecified atom stereocenters. The van der Waals surface area contributed by atoms with Crippen molar-refractivity contribution in [1.29, 1.82) is 0 Å². The highest BCUT2D eigenvalue weighted by Gasteiger charge is 2.37. The van der Waals surface area contributed by atoms with Crippen LogP contribution in [0.25, 0.3) is 0 Å². The lowest BCUT2D eigenvalue weighted by Crippen LogP contribution is -2.42. The van der Waals surface area contributed by atoms with Crippen molar-refractivity contribution in [3.8, 4) is 0 Å². The molecule has 0 radical (unpaired) electrons. The summed E-state index contributed by atoms with van der Waals surface area (Å²) in [4.78, 5) is 14.4. The van der Waals surface area contributed by atoms with Crippen LogP contribution in [0.3, 0.4) is 0 Å². The average Bonchev–Trinajstić information content (AvgIpc) is 2.83. The zero-order chi connectivity index (χ0) is 22.1. The number of hydrogen-bond donors (Lipinski definition) is 2. The van der Waals surface area contributed by atoms with Gasteiger partial charge in [0, 0.05) is 45.1 Å². The molecule has 0 saturated carbocycles. The highest BCUT2D eigenvalue weighted by molar-refractivity contribution is 7.77. The zero-order valence-corrected chi connectivity index (χ0v) is 17.8. The largest absolute Gasteiger partial charge is 0.417 e. The highest BCUT2D eigenvalue weighted by Crippen LogP contribution is 2.40. The molecule has 2 aliphatic heterocycles. The molecule has 2 heterocycles. The molecule has 30 heavy (non-hydrogen) atoms. The Labute approximate surface area is 182 Å². The molecule has 2 aliphatic rings. The second-order valence-corrected chi connectivity index (χ2v) is 8.72. The number of piperidine rings is 1. The molecule has 0 atom stereocenters. The third-order valence-corrected chi connectivity index (χ3v) is 6.21. The van der Waals surface area contributed by atoms with Gasteiger partial charge in [-0.15, -0.1) is 0 Å². The molecule has 1 amide bonds. The van der Waals surface area contributed by atoms with Crippen molar-refractivity contribution in [3.05, 3.63) is 28.3 Å². The smallest absolute Gasteiger partial charge is 0.371 e. The van der Waals surface area contributed by atoms with Gasteiger partial charge in [-0.25, -0.2) is 8.78 Å². The molecule has 168 valence electrons. The van der Waals surface area contributed by atoms with Crippen LogP contribution in [0.15, 0.2) is 12.1 Å². The quantitative estimate of drug-likeness (QED) is 0.480. The third-order valence-electron chi connectivity index (χ3n) is 5.50. The summed E-state index contributed by atoms with van der Waals surface area (Å²) in [6.45, 7) is 1.31. The van der Waals surface area contributed by atoms with Crippen molar-refractivity contribution >= 4 is 36.0 Å². The highest BCUT2D eigenvalue weighted by atomic mass is 35.5. The van der Waals surface area contributed by atoms with Crippen molar-refractivity contribution in [2.75, 3.05) is 31.1 Å². The molecule has 1 N–H and O–H groups in total. The first-order chi connectivity index (χ1) is 14.0. The van der Waals surface area contributed by atoms with Gasteiger partial charge in [-0.2, -0.15) is 13.2 Å². The van der Waals surface area contributed by atoms with Crippen molar-refractivity contribution < 1.29 is 26.7 Å². The van der Waals surface area contributed by atoms with Gasteiger partial charge in [-0.1, -0.05) is 24.4 Å². The molecule has 0 spiro atoms. The maximum Gasteiger partial charge on any atom is 0.417 e. The minimum atomic E-state index is -4.73. The maximum absolute atomic E-state index is 13.8. The fourth-order valence-corrected chi connectivity index (χ4v) is 4.30. The maximum atomic E-state index is 13.8. The Kier molecular flexibility index (Phi) is 7.08. The van der Waals surface area contributed by atoms with Crippen LogP contribution >= 0.6 is 24.4 Å². The van der Waals surface area contributed by atoms with Gasteiger partial charge < -0.3 is 10.2 Å². The normalized spacial score (nSPS) is 21.4. The van der Waals surface area contributed by atoms with E-state index >= 15 is 0 Å². The van der Waals surface area contributed by atoms with Gasteiger partial charge in [0.05, 0.1) is 21.8 Å². The number of benzene rings is 1. The van der Waals surface area contributed by atoms with Gasteiger partial charge >= 0.3 is 6.18 Å². The molecular weight excluding hydrogens is 449 g/mol. The average molecular weight is 472 g/mol. The second kappa shape index (κ2) is 9.08. The molecule has 4 nitrogen and oxygen atoms in total. The Morgan fingerprint density at radius 3 is 2.43 bits per heavy atom. The van der Waals surface area contributed by atoms with Gasteiger partial charge in [-0.3, -0.25) is 9.10 Å². The molecule has 2 saturated heterocycles. The number of amides is 1. The Hall–Kier alpha value is -1.26. The van der Waals surface area contributed by atoms with Gasteiger partial charge in [0.15, 0.2) is 0 Å². The second-order valence-electron chi connectivity index (χ2n) is 7.74. The van der Waals surface area contributed by atoms with E-state index in [1.165, 1.54) is 4.90 Å². The molecule has 11 heteroatoms. The number of thiol groups is 1. The molecule has 2 fully saturated rings. The number of rotatable bonds is 3. The summed E-state index contributed by atoms with van der Waals surface area (Å²) in [6, 6.07) is 1.64. The summed E-state index contributed by atoms with van der Waals surface area (Å²) < 4.78 is 69.6. The first-order valence-corrected chi connectivity index (χ1v) is 10.5. The van der Waals surface area contributed by atoms with Crippen LogP contribution in [0.5, 0.6) is 0 Å². The first kappa shape index (κ1) is 23.4. The summed E-state index contributed by atoms with van der Waals surface area (Å²) in [6.07, 6.45) is -4.15. The van der Waals surface area contributed by atoms with E-state index in [2.05, 4.69) is 18.1 Å². The van der Waals surface area contributed by atoms with E-state index in [1.807, 2.05) is 4.31 Å². The Morgan fingerprint density at radius 1 is 1.13 bits per heavy atom. The molecule has 3 rings (SSSR count). The van der Waals surface area contributed by atoms with Crippen molar-refractivity contribution in [2.24, 2.45) is 0 Å². The SMILES string of the molecule is O=C(NC1CCN(S)CC1)c1cc(Cl)c(C(F)(F)F)cc1N1CCCC(F)(F)CC1. The van der Waals surface area contributed by atoms with E-state index in [-0.39, 0.29) is 43.2 Å². The van der Waals surface area contributed by atoms with Crippen LogP contribution in [0.1, 0.15) is 48.0 Å². The summed E-state index contributed by atoms with van der Waals surface area (Å²) in [5.41, 5.74) is -1.14. The molecule has 0 bridgehead atoms. The first-order valence-electron chi connectivity index (χ1n) is 9.74. The van der Waals surface area contributed by atoms with Crippen molar-refractivity contribution in [2.45, 2.75) is 50.2 Å². The summed E-state index contributed by atoms with van der Waals surface area (Å²) in [7, 11) is 0. The standard InChI is InChI=1S/C19H23ClF5N3OS/c20-15-10-13(17(29)26-12-2-7-28(30)8-3-12)16(11-14(15)19(23,24)25)27-6-1-4-18(21,22)5-9-27/h10-12,30H,1-9H2,(H,26,29). The van der Waals surface area contributed by atoms with Crippen LogP contribution < -0.4 is 10.2 Å². The summed E-state index contributed by atoms with van der Waals surface area (Å²) in [5, 5.41) is 2.24. The summed E-state index contributed by atoms with van der Waals surface area (Å²) in [5.74, 6) is -3.44. The zero-order valence-electron chi connectivity index (χ0n) is 16.1. The fraction of sp³-hybridized carbons (Fsp3) is 0.632. The number of anilines is 1. The van der Waals surface area contributed by atoms with Gasteiger partial charge in [-0.05, 0) is 31.4 Å². The minimum absolute atomic E-state index is 0.0199. The van der Waals surface area contributed by atoms with Crippen LogP contribution in [0, 0.1) is 0 Å². The van der Waals surface area contributed by atoms with E-state index in [0.717, 1.165) is 12.1 Å². The Bertz CT molecular complexity index is 784. The predicted octanol–water partition coefficient (Wildman–Crippen LogP) is 5.02. The van der Waals surface area contributed by atoms with E-state index in [4.69, 9.17) is 11.6 Å². The molecule has 1 aromatic carbocycles. The van der Waals surface area contributed by atoms with E-state index in [1.54, 1.807) is 0 Å². The lowest BCUT2D eigenvalue weighted by atomic mass is 10.0. The number of halogens is 6. The third kappa shape index (κ3) is 5.70. The van der Waals surface area contributed by atoms with Crippen LogP contribution in [0.2, 0.25) is 5.02 Å². The van der Waals surface area contributed by atoms with Gasteiger partial charge in [0.1, 0.15) is 0 Å². The van der Waals surface area contributed by atoms with Gasteiger partial charge in [0.25, 0.3) is 5.91 Å². The van der Waals surface area contributed by atoms with Crippen molar-refractivity contribution in [3.63, 3.8) is 0 Å². The van der Waals surface area contributed by atoms with Crippen LogP contribution in [-0.2, 0) is 6.18 Å².